The molecule has 0 saturated carbocycles. The molecule has 2 fully saturated rings. The molecule has 6 nitrogen and oxygen atoms in total. The molecule has 0 atom stereocenters. The van der Waals surface area contributed by atoms with E-state index in [-0.39, 0.29) is 0 Å². The molecule has 0 aromatic carbocycles. The van der Waals surface area contributed by atoms with Crippen LogP contribution in [0.5, 0.6) is 0 Å². The fourth-order valence-corrected chi connectivity index (χ4v) is 2.54. The van der Waals surface area contributed by atoms with E-state index in [1.807, 2.05) is 0 Å². The average molecular weight is 318 g/mol. The molecule has 0 bridgehead atoms. The fraction of sp³-hybridized carbons (Fsp3) is 0.833. The number of hydrogen-bond acceptors (Lipinski definition) is 6. The summed E-state index contributed by atoms with van der Waals surface area (Å²) in [6.07, 6.45) is 0. The Morgan fingerprint density at radius 2 is 1.30 bits per heavy atom. The summed E-state index contributed by atoms with van der Waals surface area (Å²) in [6, 6.07) is 0. The predicted molar refractivity (Wildman–Crippen MR) is 85.7 cm³/mol. The fourth-order valence-electron chi connectivity index (χ4n) is 2.30. The number of morpholine rings is 2. The number of thiocarbonyl (C=S) groups is 2. The van der Waals surface area contributed by atoms with Crippen molar-refractivity contribution in [3.63, 3.8) is 0 Å². The van der Waals surface area contributed by atoms with E-state index in [4.69, 9.17) is 39.6 Å². The molecule has 2 aliphatic heterocycles. The van der Waals surface area contributed by atoms with Crippen molar-refractivity contribution in [2.45, 2.75) is 0 Å². The van der Waals surface area contributed by atoms with Gasteiger partial charge in [0.2, 0.25) is 0 Å². The molecule has 2 rings (SSSR count). The van der Waals surface area contributed by atoms with Crippen LogP contribution in [0.4, 0.5) is 0 Å². The van der Waals surface area contributed by atoms with Crippen molar-refractivity contribution in [3.05, 3.63) is 0 Å². The highest BCUT2D eigenvalue weighted by Gasteiger charge is 2.21. The lowest BCUT2D eigenvalue weighted by Gasteiger charge is -2.38. The maximum atomic E-state index is 5.71. The van der Waals surface area contributed by atoms with Crippen molar-refractivity contribution >= 4 is 34.4 Å². The molecule has 2 aliphatic rings. The van der Waals surface area contributed by atoms with E-state index in [0.29, 0.717) is 9.98 Å². The smallest absolute Gasteiger partial charge is 0.138 e. The third-order valence-corrected chi connectivity index (χ3v) is 4.25. The minimum atomic E-state index is 0.293. The SMILES string of the molecule is NC(=S)C(=S)N(CN1CCOCC1)CN1CCOCC1. The Bertz CT molecular complexity index is 324. The van der Waals surface area contributed by atoms with Crippen LogP contribution in [0.15, 0.2) is 0 Å². The molecule has 0 radical (unpaired) electrons. The lowest BCUT2D eigenvalue weighted by molar-refractivity contribution is -0.00448. The summed E-state index contributed by atoms with van der Waals surface area (Å²) in [4.78, 5) is 7.57. The van der Waals surface area contributed by atoms with E-state index < -0.39 is 0 Å². The normalized spacial score (nSPS) is 21.6. The first-order chi connectivity index (χ1) is 9.66. The first-order valence-electron chi connectivity index (χ1n) is 6.86. The lowest BCUT2D eigenvalue weighted by atomic mass is 10.4. The molecule has 2 N–H and O–H groups in total. The van der Waals surface area contributed by atoms with Crippen molar-refractivity contribution in [1.29, 1.82) is 0 Å². The van der Waals surface area contributed by atoms with Gasteiger partial charge in [-0.05, 0) is 0 Å². The zero-order chi connectivity index (χ0) is 14.4. The van der Waals surface area contributed by atoms with Crippen LogP contribution in [0.2, 0.25) is 0 Å². The minimum Gasteiger partial charge on any atom is -0.388 e. The van der Waals surface area contributed by atoms with Gasteiger partial charge in [0, 0.05) is 26.2 Å². The molecule has 0 spiro atoms. The van der Waals surface area contributed by atoms with Crippen molar-refractivity contribution < 1.29 is 9.47 Å². The van der Waals surface area contributed by atoms with Crippen LogP contribution in [0.1, 0.15) is 0 Å². The van der Waals surface area contributed by atoms with E-state index >= 15 is 0 Å². The van der Waals surface area contributed by atoms with Gasteiger partial charge >= 0.3 is 0 Å². The maximum Gasteiger partial charge on any atom is 0.138 e. The van der Waals surface area contributed by atoms with Gasteiger partial charge in [-0.2, -0.15) is 0 Å². The van der Waals surface area contributed by atoms with E-state index in [1.165, 1.54) is 0 Å². The molecule has 0 unspecified atom stereocenters. The molecule has 2 heterocycles. The van der Waals surface area contributed by atoms with Crippen molar-refractivity contribution in [3.8, 4) is 0 Å². The number of nitrogens with two attached hydrogens (primary N) is 1. The monoisotopic (exact) mass is 318 g/mol. The summed E-state index contributed by atoms with van der Waals surface area (Å²) in [7, 11) is 0. The molecule has 0 aromatic heterocycles. The van der Waals surface area contributed by atoms with Crippen LogP contribution >= 0.6 is 24.4 Å². The highest BCUT2D eigenvalue weighted by molar-refractivity contribution is 7.89. The molecule has 20 heavy (non-hydrogen) atoms. The second-order valence-corrected chi connectivity index (χ2v) is 5.78. The largest absolute Gasteiger partial charge is 0.388 e. The van der Waals surface area contributed by atoms with Gasteiger partial charge in [0.05, 0.1) is 39.8 Å². The number of nitrogens with zero attached hydrogens (tertiary/aromatic N) is 3. The molecular formula is C12H22N4O2S2. The zero-order valence-corrected chi connectivity index (χ0v) is 13.3. The lowest BCUT2D eigenvalue weighted by Crippen LogP contribution is -2.53. The van der Waals surface area contributed by atoms with Gasteiger partial charge in [-0.3, -0.25) is 9.80 Å². The van der Waals surface area contributed by atoms with Gasteiger partial charge in [0.1, 0.15) is 9.98 Å². The van der Waals surface area contributed by atoms with Crippen LogP contribution in [-0.4, -0.2) is 90.6 Å². The van der Waals surface area contributed by atoms with Crippen molar-refractivity contribution in [2.75, 3.05) is 65.9 Å². The molecule has 2 saturated heterocycles. The number of rotatable bonds is 4. The molecule has 0 amide bonds. The van der Waals surface area contributed by atoms with Crippen LogP contribution in [0, 0.1) is 0 Å². The van der Waals surface area contributed by atoms with Gasteiger partial charge in [0.15, 0.2) is 0 Å². The highest BCUT2D eigenvalue weighted by Crippen LogP contribution is 2.05. The highest BCUT2D eigenvalue weighted by atomic mass is 32.1. The van der Waals surface area contributed by atoms with Gasteiger partial charge in [-0.1, -0.05) is 24.4 Å². The first-order valence-corrected chi connectivity index (χ1v) is 7.67. The van der Waals surface area contributed by atoms with Crippen LogP contribution < -0.4 is 5.73 Å². The summed E-state index contributed by atoms with van der Waals surface area (Å²) in [6.45, 7) is 8.24. The Kier molecular flexibility index (Phi) is 6.53. The summed E-state index contributed by atoms with van der Waals surface area (Å²) >= 11 is 10.4. The summed E-state index contributed by atoms with van der Waals surface area (Å²) in [5, 5.41) is 0. The Morgan fingerprint density at radius 3 is 1.65 bits per heavy atom. The van der Waals surface area contributed by atoms with E-state index in [9.17, 15) is 0 Å². The average Bonchev–Trinajstić information content (AvgIpc) is 2.48. The van der Waals surface area contributed by atoms with Crippen LogP contribution in [-0.2, 0) is 9.47 Å². The molecule has 0 aliphatic carbocycles. The molecular weight excluding hydrogens is 296 g/mol. The summed E-state index contributed by atoms with van der Waals surface area (Å²) in [5.74, 6) is 0. The summed E-state index contributed by atoms with van der Waals surface area (Å²) < 4.78 is 10.7. The Labute approximate surface area is 130 Å². The zero-order valence-electron chi connectivity index (χ0n) is 11.6. The molecule has 8 heteroatoms. The van der Waals surface area contributed by atoms with Crippen molar-refractivity contribution in [1.82, 2.24) is 14.7 Å². The standard InChI is InChI=1S/C12H22N4O2S2/c13-11(19)12(20)16(9-14-1-5-17-6-2-14)10-15-3-7-18-8-4-15/h1-10H2,(H2,13,19). The number of hydrogen-bond donors (Lipinski definition) is 1. The van der Waals surface area contributed by atoms with Gasteiger partial charge in [0.25, 0.3) is 0 Å². The molecule has 0 aromatic rings. The van der Waals surface area contributed by atoms with Crippen molar-refractivity contribution in [2.24, 2.45) is 5.73 Å². The predicted octanol–water partition coefficient (Wildman–Crippen LogP) is -0.519. The maximum absolute atomic E-state index is 5.71. The van der Waals surface area contributed by atoms with E-state index in [1.54, 1.807) is 0 Å². The van der Waals surface area contributed by atoms with Crippen LogP contribution in [0.25, 0.3) is 0 Å². The third-order valence-electron chi connectivity index (χ3n) is 3.45. The quantitative estimate of drug-likeness (QED) is 0.695. The third kappa shape index (κ3) is 4.87. The van der Waals surface area contributed by atoms with Gasteiger partial charge in [-0.15, -0.1) is 0 Å². The Hall–Kier alpha value is -0.380. The van der Waals surface area contributed by atoms with Crippen LogP contribution in [0.3, 0.4) is 0 Å². The van der Waals surface area contributed by atoms with Gasteiger partial charge < -0.3 is 20.1 Å². The van der Waals surface area contributed by atoms with Gasteiger partial charge in [-0.25, -0.2) is 0 Å². The Balaban J connectivity index is 1.91. The first kappa shape index (κ1) is 16.0. The molecule has 114 valence electrons. The number of ether oxygens (including phenoxy) is 2. The Morgan fingerprint density at radius 1 is 0.900 bits per heavy atom. The second kappa shape index (κ2) is 8.16. The topological polar surface area (TPSA) is 54.2 Å². The second-order valence-electron chi connectivity index (χ2n) is 4.95. The van der Waals surface area contributed by atoms with E-state index in [2.05, 4.69) is 14.7 Å². The van der Waals surface area contributed by atoms with E-state index in [0.717, 1.165) is 65.9 Å². The minimum absolute atomic E-state index is 0.293. The summed E-state index contributed by atoms with van der Waals surface area (Å²) in [5.41, 5.74) is 5.71.